The molecule has 0 amide bonds. The number of phenols is 1. The highest BCUT2D eigenvalue weighted by Gasteiger charge is 2.37. The Bertz CT molecular complexity index is 708. The largest absolute Gasteiger partial charge is 0.508 e. The van der Waals surface area contributed by atoms with E-state index < -0.39 is 12.0 Å². The van der Waals surface area contributed by atoms with Crippen molar-refractivity contribution in [2.24, 2.45) is 27.6 Å². The number of nitrogens with two attached hydrogens (primary N) is 1. The number of aromatic hydroxyl groups is 1. The standard InChI is InChI=1S/C20H27N3O3/c1-2-16-17(19(25)26-12-13-7-4-3-5-8-13)18(23-20(21)22-16)14-9-6-10-15(24)11-14/h6,9-11,13,17-18,24H,2-5,7-8,12H2,1H3,(H2,21,23). The Morgan fingerprint density at radius 3 is 2.77 bits per heavy atom. The van der Waals surface area contributed by atoms with Crippen LogP contribution in [0.3, 0.4) is 0 Å². The number of aliphatic imine (C=N–C) groups is 2. The zero-order valence-corrected chi connectivity index (χ0v) is 15.2. The van der Waals surface area contributed by atoms with Crippen molar-refractivity contribution in [1.29, 1.82) is 0 Å². The van der Waals surface area contributed by atoms with E-state index in [4.69, 9.17) is 10.5 Å². The number of phenolic OH excluding ortho intramolecular Hbond substituents is 1. The van der Waals surface area contributed by atoms with Crippen LogP contribution in [0.25, 0.3) is 0 Å². The Balaban J connectivity index is 1.79. The second kappa shape index (κ2) is 8.34. The van der Waals surface area contributed by atoms with E-state index in [1.165, 1.54) is 19.3 Å². The monoisotopic (exact) mass is 357 g/mol. The molecule has 1 aliphatic carbocycles. The number of hydrogen-bond donors (Lipinski definition) is 2. The molecule has 6 nitrogen and oxygen atoms in total. The maximum Gasteiger partial charge on any atom is 0.317 e. The number of benzene rings is 1. The fourth-order valence-corrected chi connectivity index (χ4v) is 3.83. The highest BCUT2D eigenvalue weighted by Crippen LogP contribution is 2.34. The summed E-state index contributed by atoms with van der Waals surface area (Å²) in [5.41, 5.74) is 7.28. The SMILES string of the molecule is CCC1=NC(N)=NC(c2cccc(O)c2)C1C(=O)OCC1CCCCC1. The second-order valence-corrected chi connectivity index (χ2v) is 7.10. The Labute approximate surface area is 154 Å². The summed E-state index contributed by atoms with van der Waals surface area (Å²) in [5, 5.41) is 9.80. The molecule has 0 spiro atoms. The van der Waals surface area contributed by atoms with Gasteiger partial charge in [0.15, 0.2) is 0 Å². The van der Waals surface area contributed by atoms with Crippen molar-refractivity contribution in [1.82, 2.24) is 0 Å². The lowest BCUT2D eigenvalue weighted by Crippen LogP contribution is -2.37. The summed E-state index contributed by atoms with van der Waals surface area (Å²) in [6, 6.07) is 6.25. The summed E-state index contributed by atoms with van der Waals surface area (Å²) >= 11 is 0. The van der Waals surface area contributed by atoms with Gasteiger partial charge in [0.25, 0.3) is 0 Å². The minimum Gasteiger partial charge on any atom is -0.508 e. The predicted molar refractivity (Wildman–Crippen MR) is 101 cm³/mol. The number of carbonyl (C=O) groups excluding carboxylic acids is 1. The van der Waals surface area contributed by atoms with Gasteiger partial charge in [-0.3, -0.25) is 4.79 Å². The van der Waals surface area contributed by atoms with Crippen molar-refractivity contribution >= 4 is 17.6 Å². The smallest absolute Gasteiger partial charge is 0.317 e. The summed E-state index contributed by atoms with van der Waals surface area (Å²) in [6.07, 6.45) is 6.52. The minimum absolute atomic E-state index is 0.131. The van der Waals surface area contributed by atoms with Gasteiger partial charge in [0.2, 0.25) is 5.96 Å². The van der Waals surface area contributed by atoms with E-state index in [-0.39, 0.29) is 17.7 Å². The fraction of sp³-hybridized carbons (Fsp3) is 0.550. The van der Waals surface area contributed by atoms with Gasteiger partial charge in [-0.05, 0) is 42.9 Å². The number of esters is 1. The van der Waals surface area contributed by atoms with Crippen LogP contribution in [0, 0.1) is 11.8 Å². The van der Waals surface area contributed by atoms with E-state index >= 15 is 0 Å². The van der Waals surface area contributed by atoms with Crippen LogP contribution < -0.4 is 5.73 Å². The van der Waals surface area contributed by atoms with E-state index in [2.05, 4.69) is 9.98 Å². The summed E-state index contributed by atoms with van der Waals surface area (Å²) in [6.45, 7) is 2.40. The molecule has 1 aromatic carbocycles. The number of guanidine groups is 1. The number of rotatable bonds is 5. The molecule has 140 valence electrons. The van der Waals surface area contributed by atoms with Gasteiger partial charge in [0.05, 0.1) is 12.6 Å². The maximum atomic E-state index is 12.9. The highest BCUT2D eigenvalue weighted by atomic mass is 16.5. The number of ether oxygens (including phenoxy) is 1. The zero-order valence-electron chi connectivity index (χ0n) is 15.2. The molecule has 2 aliphatic rings. The van der Waals surface area contributed by atoms with Crippen LogP contribution in [-0.4, -0.2) is 29.4 Å². The lowest BCUT2D eigenvalue weighted by molar-refractivity contribution is -0.148. The number of carbonyl (C=O) groups is 1. The van der Waals surface area contributed by atoms with Gasteiger partial charge >= 0.3 is 5.97 Å². The first-order chi connectivity index (χ1) is 12.6. The van der Waals surface area contributed by atoms with Crippen molar-refractivity contribution in [3.8, 4) is 5.75 Å². The number of nitrogens with zero attached hydrogens (tertiary/aromatic N) is 2. The Kier molecular flexibility index (Phi) is 5.91. The molecule has 1 saturated carbocycles. The molecule has 1 aromatic rings. The summed E-state index contributed by atoms with van der Waals surface area (Å²) < 4.78 is 5.68. The molecule has 3 N–H and O–H groups in total. The van der Waals surface area contributed by atoms with Crippen LogP contribution >= 0.6 is 0 Å². The molecule has 1 fully saturated rings. The van der Waals surface area contributed by atoms with Gasteiger partial charge in [0, 0.05) is 5.71 Å². The van der Waals surface area contributed by atoms with Crippen LogP contribution in [0.2, 0.25) is 0 Å². The summed E-state index contributed by atoms with van der Waals surface area (Å²) in [7, 11) is 0. The maximum absolute atomic E-state index is 12.9. The molecule has 2 atom stereocenters. The summed E-state index contributed by atoms with van der Waals surface area (Å²) in [5.74, 6) is -0.165. The molecule has 1 heterocycles. The third-order valence-corrected chi connectivity index (χ3v) is 5.22. The van der Waals surface area contributed by atoms with Crippen LogP contribution in [0.15, 0.2) is 34.3 Å². The molecule has 6 heteroatoms. The first-order valence-electron chi connectivity index (χ1n) is 9.44. The van der Waals surface area contributed by atoms with E-state index in [0.717, 1.165) is 18.4 Å². The van der Waals surface area contributed by atoms with E-state index in [0.29, 0.717) is 24.7 Å². The third kappa shape index (κ3) is 4.23. The van der Waals surface area contributed by atoms with Crippen molar-refractivity contribution in [2.75, 3.05) is 6.61 Å². The van der Waals surface area contributed by atoms with Gasteiger partial charge < -0.3 is 15.6 Å². The Morgan fingerprint density at radius 1 is 1.31 bits per heavy atom. The average Bonchev–Trinajstić information content (AvgIpc) is 2.66. The highest BCUT2D eigenvalue weighted by molar-refractivity contribution is 6.09. The van der Waals surface area contributed by atoms with Crippen molar-refractivity contribution in [3.63, 3.8) is 0 Å². The molecule has 0 aromatic heterocycles. The fourth-order valence-electron chi connectivity index (χ4n) is 3.83. The molecule has 0 radical (unpaired) electrons. The van der Waals surface area contributed by atoms with Crippen molar-refractivity contribution in [2.45, 2.75) is 51.5 Å². The Hall–Kier alpha value is -2.37. The predicted octanol–water partition coefficient (Wildman–Crippen LogP) is 3.35. The minimum atomic E-state index is -0.599. The van der Waals surface area contributed by atoms with Crippen LogP contribution in [0.1, 0.15) is 57.1 Å². The normalized spacial score (nSPS) is 23.9. The van der Waals surface area contributed by atoms with Gasteiger partial charge in [-0.15, -0.1) is 0 Å². The summed E-state index contributed by atoms with van der Waals surface area (Å²) in [4.78, 5) is 21.6. The van der Waals surface area contributed by atoms with Crippen LogP contribution in [0.5, 0.6) is 5.75 Å². The quantitative estimate of drug-likeness (QED) is 0.790. The lowest BCUT2D eigenvalue weighted by Gasteiger charge is -2.28. The van der Waals surface area contributed by atoms with E-state index in [1.54, 1.807) is 18.2 Å². The van der Waals surface area contributed by atoms with Gasteiger partial charge in [0.1, 0.15) is 11.7 Å². The van der Waals surface area contributed by atoms with E-state index in [1.807, 2.05) is 13.0 Å². The lowest BCUT2D eigenvalue weighted by atomic mass is 9.87. The first-order valence-corrected chi connectivity index (χ1v) is 9.44. The molecule has 3 rings (SSSR count). The van der Waals surface area contributed by atoms with Gasteiger partial charge in [-0.25, -0.2) is 9.98 Å². The van der Waals surface area contributed by atoms with Crippen molar-refractivity contribution in [3.05, 3.63) is 29.8 Å². The van der Waals surface area contributed by atoms with Crippen molar-refractivity contribution < 1.29 is 14.6 Å². The van der Waals surface area contributed by atoms with E-state index in [9.17, 15) is 9.90 Å². The topological polar surface area (TPSA) is 97.3 Å². The van der Waals surface area contributed by atoms with Crippen LogP contribution in [0.4, 0.5) is 0 Å². The second-order valence-electron chi connectivity index (χ2n) is 7.10. The molecular weight excluding hydrogens is 330 g/mol. The zero-order chi connectivity index (χ0) is 18.5. The molecular formula is C20H27N3O3. The molecule has 26 heavy (non-hydrogen) atoms. The molecule has 1 aliphatic heterocycles. The molecule has 2 unspecified atom stereocenters. The van der Waals surface area contributed by atoms with Gasteiger partial charge in [-0.1, -0.05) is 38.3 Å². The Morgan fingerprint density at radius 2 is 2.08 bits per heavy atom. The molecule has 0 bridgehead atoms. The third-order valence-electron chi connectivity index (χ3n) is 5.22. The number of hydrogen-bond acceptors (Lipinski definition) is 6. The molecule has 0 saturated heterocycles. The first kappa shape index (κ1) is 18.4. The van der Waals surface area contributed by atoms with Gasteiger partial charge in [-0.2, -0.15) is 0 Å². The average molecular weight is 357 g/mol. The van der Waals surface area contributed by atoms with Crippen LogP contribution in [-0.2, 0) is 9.53 Å².